The summed E-state index contributed by atoms with van der Waals surface area (Å²) >= 11 is 5.99. The first-order valence-corrected chi connectivity index (χ1v) is 14.1. The number of nitrogens with zero attached hydrogens (tertiary/aromatic N) is 2. The van der Waals surface area contributed by atoms with Gasteiger partial charge in [0.05, 0.1) is 17.9 Å². The van der Waals surface area contributed by atoms with Crippen molar-refractivity contribution < 1.29 is 14.3 Å². The van der Waals surface area contributed by atoms with Gasteiger partial charge in [-0.25, -0.2) is 0 Å². The van der Waals surface area contributed by atoms with E-state index in [1.165, 1.54) is 11.1 Å². The van der Waals surface area contributed by atoms with Gasteiger partial charge in [0.25, 0.3) is 0 Å². The summed E-state index contributed by atoms with van der Waals surface area (Å²) in [6, 6.07) is 16.1. The molecule has 0 saturated carbocycles. The first-order valence-electron chi connectivity index (χ1n) is 13.8. The van der Waals surface area contributed by atoms with Crippen LogP contribution in [0.5, 0.6) is 5.75 Å². The summed E-state index contributed by atoms with van der Waals surface area (Å²) in [6.45, 7) is 4.75. The summed E-state index contributed by atoms with van der Waals surface area (Å²) in [6.07, 6.45) is 6.60. The Kier molecular flexibility index (Phi) is 8.36. The zero-order valence-electron chi connectivity index (χ0n) is 21.6. The SMILES string of the molecule is O=C(C1CN(Cc2ccc(Cl)cc2)C1)N1CCC2(CCCCCc3ccccc3OCCNC2=O)CC1. The molecule has 1 spiro atoms. The van der Waals surface area contributed by atoms with Crippen LogP contribution in [0.3, 0.4) is 0 Å². The summed E-state index contributed by atoms with van der Waals surface area (Å²) in [5.74, 6) is 1.38. The van der Waals surface area contributed by atoms with Crippen LogP contribution in [0, 0.1) is 11.3 Å². The largest absolute Gasteiger partial charge is 0.491 e. The predicted molar refractivity (Wildman–Crippen MR) is 146 cm³/mol. The molecule has 2 saturated heterocycles. The molecule has 2 amide bonds. The van der Waals surface area contributed by atoms with Crippen molar-refractivity contribution in [2.24, 2.45) is 11.3 Å². The lowest BCUT2D eigenvalue weighted by molar-refractivity contribution is -0.147. The second-order valence-corrected chi connectivity index (χ2v) is 11.3. The first kappa shape index (κ1) is 26.1. The smallest absolute Gasteiger partial charge is 0.228 e. The highest BCUT2D eigenvalue weighted by molar-refractivity contribution is 6.30. The van der Waals surface area contributed by atoms with Crippen molar-refractivity contribution in [2.75, 3.05) is 39.3 Å². The lowest BCUT2D eigenvalue weighted by Crippen LogP contribution is -2.57. The molecule has 3 aliphatic heterocycles. The van der Waals surface area contributed by atoms with Crippen molar-refractivity contribution >= 4 is 23.4 Å². The van der Waals surface area contributed by atoms with Crippen LogP contribution in [-0.2, 0) is 22.6 Å². The second kappa shape index (κ2) is 11.9. The monoisotopic (exact) mass is 523 g/mol. The molecule has 0 bridgehead atoms. The number of rotatable bonds is 3. The van der Waals surface area contributed by atoms with Gasteiger partial charge in [-0.05, 0) is 61.4 Å². The molecule has 2 aromatic carbocycles. The van der Waals surface area contributed by atoms with Gasteiger partial charge in [0.2, 0.25) is 11.8 Å². The summed E-state index contributed by atoms with van der Waals surface area (Å²) in [4.78, 5) is 30.9. The highest BCUT2D eigenvalue weighted by Gasteiger charge is 2.43. The predicted octanol–water partition coefficient (Wildman–Crippen LogP) is 4.69. The highest BCUT2D eigenvalue weighted by Crippen LogP contribution is 2.38. The molecule has 0 aromatic heterocycles. The van der Waals surface area contributed by atoms with E-state index in [9.17, 15) is 9.59 Å². The third-order valence-electron chi connectivity index (χ3n) is 8.36. The maximum absolute atomic E-state index is 13.4. The number of likely N-dealkylation sites (tertiary alicyclic amines) is 2. The Labute approximate surface area is 225 Å². The molecule has 0 aliphatic carbocycles. The number of carbonyl (C=O) groups is 2. The van der Waals surface area contributed by atoms with E-state index in [0.717, 1.165) is 75.4 Å². The van der Waals surface area contributed by atoms with Gasteiger partial charge in [-0.3, -0.25) is 14.5 Å². The standard InChI is InChI=1S/C30H38ClN3O3/c31-26-11-9-23(10-12-26)20-33-21-25(22-33)28(35)34-17-14-30(15-18-34)13-5-1-2-6-24-7-3-4-8-27(24)37-19-16-32-29(30)36/h3-4,7-12,25H,1-2,5-6,13-22H2,(H,32,36). The number of para-hydroxylation sites is 1. The average molecular weight is 524 g/mol. The number of nitrogens with one attached hydrogen (secondary N) is 1. The van der Waals surface area contributed by atoms with Crippen LogP contribution in [0.1, 0.15) is 49.7 Å². The Hall–Kier alpha value is -2.57. The number of fused-ring (bicyclic) bond motifs is 1. The van der Waals surface area contributed by atoms with Gasteiger partial charge in [-0.1, -0.05) is 54.8 Å². The topological polar surface area (TPSA) is 61.9 Å². The molecular weight excluding hydrogens is 486 g/mol. The first-order chi connectivity index (χ1) is 18.0. The number of piperidine rings is 1. The molecule has 198 valence electrons. The Morgan fingerprint density at radius 1 is 1.00 bits per heavy atom. The molecular formula is C30H38ClN3O3. The molecule has 3 heterocycles. The Bertz CT molecular complexity index is 1080. The third kappa shape index (κ3) is 6.29. The molecule has 2 fully saturated rings. The minimum Gasteiger partial charge on any atom is -0.491 e. The molecule has 37 heavy (non-hydrogen) atoms. The van der Waals surface area contributed by atoms with Gasteiger partial charge >= 0.3 is 0 Å². The van der Waals surface area contributed by atoms with E-state index in [2.05, 4.69) is 22.3 Å². The van der Waals surface area contributed by atoms with Crippen LogP contribution in [0.25, 0.3) is 0 Å². The van der Waals surface area contributed by atoms with Crippen molar-refractivity contribution in [3.8, 4) is 5.75 Å². The van der Waals surface area contributed by atoms with E-state index in [1.807, 2.05) is 41.3 Å². The maximum atomic E-state index is 13.4. The van der Waals surface area contributed by atoms with E-state index in [1.54, 1.807) is 0 Å². The number of aryl methyl sites for hydroxylation is 1. The molecule has 6 nitrogen and oxygen atoms in total. The molecule has 2 aromatic rings. The van der Waals surface area contributed by atoms with Gasteiger partial charge < -0.3 is 15.0 Å². The number of ether oxygens (including phenoxy) is 1. The second-order valence-electron chi connectivity index (χ2n) is 10.9. The number of benzene rings is 2. The van der Waals surface area contributed by atoms with Gasteiger partial charge in [-0.2, -0.15) is 0 Å². The Balaban J connectivity index is 1.12. The summed E-state index contributed by atoms with van der Waals surface area (Å²) in [7, 11) is 0. The fraction of sp³-hybridized carbons (Fsp3) is 0.533. The number of carbonyl (C=O) groups excluding carboxylic acids is 2. The third-order valence-corrected chi connectivity index (χ3v) is 8.61. The fourth-order valence-corrected chi connectivity index (χ4v) is 6.15. The van der Waals surface area contributed by atoms with Crippen LogP contribution in [0.4, 0.5) is 0 Å². The van der Waals surface area contributed by atoms with Crippen LogP contribution >= 0.6 is 11.6 Å². The molecule has 1 N–H and O–H groups in total. The summed E-state index contributed by atoms with van der Waals surface area (Å²) in [5.41, 5.74) is 2.09. The van der Waals surface area contributed by atoms with Crippen LogP contribution < -0.4 is 10.1 Å². The van der Waals surface area contributed by atoms with Crippen molar-refractivity contribution in [3.63, 3.8) is 0 Å². The Morgan fingerprint density at radius 3 is 2.54 bits per heavy atom. The lowest BCUT2D eigenvalue weighted by atomic mass is 9.73. The summed E-state index contributed by atoms with van der Waals surface area (Å²) in [5, 5.41) is 3.89. The van der Waals surface area contributed by atoms with Gasteiger partial charge in [0, 0.05) is 37.7 Å². The zero-order chi connectivity index (χ0) is 25.7. The maximum Gasteiger partial charge on any atom is 0.228 e. The van der Waals surface area contributed by atoms with E-state index < -0.39 is 0 Å². The number of amides is 2. The minimum atomic E-state index is -0.377. The van der Waals surface area contributed by atoms with Crippen LogP contribution in [0.2, 0.25) is 5.02 Å². The molecule has 5 rings (SSSR count). The molecule has 7 heteroatoms. The van der Waals surface area contributed by atoms with E-state index in [0.29, 0.717) is 26.2 Å². The number of halogens is 1. The molecule has 0 radical (unpaired) electrons. The van der Waals surface area contributed by atoms with Crippen molar-refractivity contribution in [1.82, 2.24) is 15.1 Å². The molecule has 0 atom stereocenters. The van der Waals surface area contributed by atoms with Crippen molar-refractivity contribution in [3.05, 3.63) is 64.7 Å². The minimum absolute atomic E-state index is 0.0639. The average Bonchev–Trinajstić information content (AvgIpc) is 2.90. The van der Waals surface area contributed by atoms with Gasteiger partial charge in [-0.15, -0.1) is 0 Å². The van der Waals surface area contributed by atoms with Crippen LogP contribution in [0.15, 0.2) is 48.5 Å². The van der Waals surface area contributed by atoms with E-state index >= 15 is 0 Å². The lowest BCUT2D eigenvalue weighted by Gasteiger charge is -2.45. The number of hydrogen-bond acceptors (Lipinski definition) is 4. The fourth-order valence-electron chi connectivity index (χ4n) is 6.03. The van der Waals surface area contributed by atoms with E-state index in [-0.39, 0.29) is 23.1 Å². The zero-order valence-corrected chi connectivity index (χ0v) is 22.3. The summed E-state index contributed by atoms with van der Waals surface area (Å²) < 4.78 is 5.99. The Morgan fingerprint density at radius 2 is 1.76 bits per heavy atom. The quantitative estimate of drug-likeness (QED) is 0.634. The van der Waals surface area contributed by atoms with Gasteiger partial charge in [0.1, 0.15) is 12.4 Å². The van der Waals surface area contributed by atoms with Crippen molar-refractivity contribution in [1.29, 1.82) is 0 Å². The van der Waals surface area contributed by atoms with Crippen LogP contribution in [-0.4, -0.2) is 60.9 Å². The number of hydrogen-bond donors (Lipinski definition) is 1. The normalized spacial score (nSPS) is 21.4. The molecule has 3 aliphatic rings. The molecule has 0 unspecified atom stereocenters. The van der Waals surface area contributed by atoms with E-state index in [4.69, 9.17) is 16.3 Å². The van der Waals surface area contributed by atoms with Gasteiger partial charge in [0.15, 0.2) is 0 Å². The van der Waals surface area contributed by atoms with Crippen molar-refractivity contribution in [2.45, 2.75) is 51.5 Å². The highest BCUT2D eigenvalue weighted by atomic mass is 35.5.